The van der Waals surface area contributed by atoms with Crippen molar-refractivity contribution in [3.63, 3.8) is 0 Å². The van der Waals surface area contributed by atoms with E-state index < -0.39 is 11.9 Å². The van der Waals surface area contributed by atoms with Crippen molar-refractivity contribution in [1.29, 1.82) is 0 Å². The van der Waals surface area contributed by atoms with Crippen molar-refractivity contribution in [2.24, 2.45) is 0 Å². The summed E-state index contributed by atoms with van der Waals surface area (Å²) in [6.45, 7) is -0.194. The lowest BCUT2D eigenvalue weighted by Gasteiger charge is -2.26. The number of β-amino-alcohol motifs (C(OH)–C–C–N with tert-alkyl or cyclic N) is 1. The second-order valence-corrected chi connectivity index (χ2v) is 6.02. The van der Waals surface area contributed by atoms with Gasteiger partial charge >= 0.3 is 0 Å². The molecular formula is C19H16FN3O3. The molecule has 2 heterocycles. The smallest absolute Gasteiger partial charge is 0.273 e. The Hall–Kier alpha value is -3.19. The van der Waals surface area contributed by atoms with Crippen molar-refractivity contribution in [3.05, 3.63) is 71.2 Å². The van der Waals surface area contributed by atoms with Crippen molar-refractivity contribution >= 4 is 5.91 Å². The number of nitrogens with zero attached hydrogens (tertiary/aromatic N) is 2. The van der Waals surface area contributed by atoms with Crippen LogP contribution in [0.1, 0.15) is 27.7 Å². The second kappa shape index (κ2) is 6.27. The van der Waals surface area contributed by atoms with Crippen LogP contribution < -0.4 is 0 Å². The maximum atomic E-state index is 14.5. The first kappa shape index (κ1) is 16.3. The molecule has 3 aromatic rings. The number of aromatic hydroxyl groups is 1. The molecule has 1 aliphatic rings. The lowest BCUT2D eigenvalue weighted by molar-refractivity contribution is 0.0704. The molecule has 7 heteroatoms. The minimum Gasteiger partial charge on any atom is -0.507 e. The minimum absolute atomic E-state index is 0.0159. The zero-order valence-electron chi connectivity index (χ0n) is 13.7. The number of benzene rings is 2. The Bertz CT molecular complexity index is 986. The monoisotopic (exact) mass is 353 g/mol. The number of amides is 1. The number of para-hydroxylation sites is 1. The number of phenols is 1. The van der Waals surface area contributed by atoms with Crippen LogP contribution in [0.25, 0.3) is 11.3 Å². The third-order valence-electron chi connectivity index (χ3n) is 4.56. The Morgan fingerprint density at radius 2 is 1.88 bits per heavy atom. The molecule has 0 aliphatic carbocycles. The van der Waals surface area contributed by atoms with E-state index in [1.165, 1.54) is 17.0 Å². The summed E-state index contributed by atoms with van der Waals surface area (Å²) in [6, 6.07) is 12.1. The molecule has 132 valence electrons. The lowest BCUT2D eigenvalue weighted by atomic mass is 9.95. The number of hydrogen-bond acceptors (Lipinski definition) is 4. The molecule has 2 aromatic carbocycles. The average molecular weight is 353 g/mol. The molecule has 26 heavy (non-hydrogen) atoms. The van der Waals surface area contributed by atoms with Gasteiger partial charge in [0, 0.05) is 23.2 Å². The summed E-state index contributed by atoms with van der Waals surface area (Å²) >= 11 is 0. The van der Waals surface area contributed by atoms with Crippen molar-refractivity contribution in [1.82, 2.24) is 15.1 Å². The molecule has 3 N–H and O–H groups in total. The SMILES string of the molecule is O=C1c2[nH]nc(-c3ccccc3O)c2C(c2ccccc2F)N1CCO. The summed E-state index contributed by atoms with van der Waals surface area (Å²) < 4.78 is 14.5. The molecule has 0 spiro atoms. The fraction of sp³-hybridized carbons (Fsp3) is 0.158. The van der Waals surface area contributed by atoms with Gasteiger partial charge in [-0.3, -0.25) is 9.89 Å². The fourth-order valence-electron chi connectivity index (χ4n) is 3.43. The molecule has 0 radical (unpaired) electrons. The number of carbonyl (C=O) groups is 1. The van der Waals surface area contributed by atoms with Gasteiger partial charge in [0.05, 0.1) is 12.6 Å². The highest BCUT2D eigenvalue weighted by Gasteiger charge is 2.43. The minimum atomic E-state index is -0.737. The Morgan fingerprint density at radius 1 is 1.15 bits per heavy atom. The van der Waals surface area contributed by atoms with Gasteiger partial charge in [-0.05, 0) is 18.2 Å². The van der Waals surface area contributed by atoms with Gasteiger partial charge in [0.25, 0.3) is 5.91 Å². The predicted octanol–water partition coefficient (Wildman–Crippen LogP) is 2.46. The highest BCUT2D eigenvalue weighted by Crippen LogP contribution is 2.44. The Labute approximate surface area is 148 Å². The van der Waals surface area contributed by atoms with E-state index in [4.69, 9.17) is 0 Å². The van der Waals surface area contributed by atoms with E-state index >= 15 is 0 Å². The van der Waals surface area contributed by atoms with Crippen LogP contribution >= 0.6 is 0 Å². The van der Waals surface area contributed by atoms with Crippen LogP contribution in [0.2, 0.25) is 0 Å². The molecular weight excluding hydrogens is 337 g/mol. The molecule has 1 aliphatic heterocycles. The van der Waals surface area contributed by atoms with Gasteiger partial charge in [0.1, 0.15) is 23.0 Å². The van der Waals surface area contributed by atoms with E-state index in [1.807, 2.05) is 0 Å². The second-order valence-electron chi connectivity index (χ2n) is 6.02. The molecule has 1 amide bonds. The number of fused-ring (bicyclic) bond motifs is 1. The molecule has 0 saturated carbocycles. The van der Waals surface area contributed by atoms with Crippen LogP contribution in [0.15, 0.2) is 48.5 Å². The zero-order valence-corrected chi connectivity index (χ0v) is 13.7. The average Bonchev–Trinajstić information content (AvgIpc) is 3.17. The highest BCUT2D eigenvalue weighted by atomic mass is 19.1. The Kier molecular flexibility index (Phi) is 3.93. The maximum Gasteiger partial charge on any atom is 0.273 e. The first-order chi connectivity index (χ1) is 12.6. The van der Waals surface area contributed by atoms with Crippen molar-refractivity contribution in [2.75, 3.05) is 13.2 Å². The number of halogens is 1. The number of hydrogen-bond donors (Lipinski definition) is 3. The normalized spacial score (nSPS) is 16.2. The van der Waals surface area contributed by atoms with E-state index in [0.717, 1.165) is 0 Å². The summed E-state index contributed by atoms with van der Waals surface area (Å²) in [4.78, 5) is 14.2. The number of aliphatic hydroxyl groups is 1. The number of carbonyl (C=O) groups excluding carboxylic acids is 1. The van der Waals surface area contributed by atoms with Crippen LogP contribution in [0.4, 0.5) is 4.39 Å². The van der Waals surface area contributed by atoms with E-state index in [1.54, 1.807) is 36.4 Å². The summed E-state index contributed by atoms with van der Waals surface area (Å²) in [6.07, 6.45) is 0. The molecule has 1 atom stereocenters. The van der Waals surface area contributed by atoms with Gasteiger partial charge in [0.15, 0.2) is 0 Å². The zero-order chi connectivity index (χ0) is 18.3. The number of H-pyrrole nitrogens is 1. The van der Waals surface area contributed by atoms with E-state index in [9.17, 15) is 19.4 Å². The van der Waals surface area contributed by atoms with Crippen molar-refractivity contribution < 1.29 is 19.4 Å². The standard InChI is InChI=1S/C19H16FN3O3/c20-13-7-3-1-5-11(13)18-15-16(12-6-2-4-8-14(12)25)21-22-17(15)19(26)23(18)9-10-24/h1-8,18,24-25H,9-10H2,(H,21,22). The lowest BCUT2D eigenvalue weighted by Crippen LogP contribution is -2.32. The summed E-state index contributed by atoms with van der Waals surface area (Å²) in [7, 11) is 0. The predicted molar refractivity (Wildman–Crippen MR) is 92.1 cm³/mol. The number of aliphatic hydroxyl groups excluding tert-OH is 1. The third-order valence-corrected chi connectivity index (χ3v) is 4.56. The van der Waals surface area contributed by atoms with E-state index in [-0.39, 0.29) is 30.5 Å². The van der Waals surface area contributed by atoms with Gasteiger partial charge in [-0.1, -0.05) is 30.3 Å². The molecule has 0 saturated heterocycles. The Morgan fingerprint density at radius 3 is 2.62 bits per heavy atom. The molecule has 6 nitrogen and oxygen atoms in total. The van der Waals surface area contributed by atoms with Crippen molar-refractivity contribution in [2.45, 2.75) is 6.04 Å². The summed E-state index contributed by atoms with van der Waals surface area (Å²) in [5, 5.41) is 26.5. The van der Waals surface area contributed by atoms with Gasteiger partial charge in [0.2, 0.25) is 0 Å². The Balaban J connectivity index is 1.95. The fourth-order valence-corrected chi connectivity index (χ4v) is 3.43. The van der Waals surface area contributed by atoms with Gasteiger partial charge in [-0.25, -0.2) is 4.39 Å². The molecule has 1 aromatic heterocycles. The first-order valence-electron chi connectivity index (χ1n) is 8.16. The largest absolute Gasteiger partial charge is 0.507 e. The molecule has 0 fully saturated rings. The van der Waals surface area contributed by atoms with Crippen LogP contribution in [0.5, 0.6) is 5.75 Å². The number of aromatic amines is 1. The van der Waals surface area contributed by atoms with Crippen molar-refractivity contribution in [3.8, 4) is 17.0 Å². The van der Waals surface area contributed by atoms with Crippen LogP contribution in [-0.4, -0.2) is 44.4 Å². The number of phenolic OH excluding ortho intramolecular Hbond substituents is 1. The number of aromatic nitrogens is 2. The van der Waals surface area contributed by atoms with E-state index in [0.29, 0.717) is 22.4 Å². The van der Waals surface area contributed by atoms with Crippen LogP contribution in [-0.2, 0) is 0 Å². The summed E-state index contributed by atoms with van der Waals surface area (Å²) in [5.74, 6) is -0.802. The van der Waals surface area contributed by atoms with Gasteiger partial charge in [-0.15, -0.1) is 0 Å². The maximum absolute atomic E-state index is 14.5. The van der Waals surface area contributed by atoms with E-state index in [2.05, 4.69) is 10.2 Å². The van der Waals surface area contributed by atoms with Gasteiger partial charge in [-0.2, -0.15) is 5.10 Å². The topological polar surface area (TPSA) is 89.5 Å². The third kappa shape index (κ3) is 2.36. The molecule has 0 bridgehead atoms. The first-order valence-corrected chi connectivity index (χ1v) is 8.16. The number of nitrogens with one attached hydrogen (secondary N) is 1. The molecule has 4 rings (SSSR count). The van der Waals surface area contributed by atoms with Crippen LogP contribution in [0.3, 0.4) is 0 Å². The quantitative estimate of drug-likeness (QED) is 0.672. The molecule has 1 unspecified atom stereocenters. The highest BCUT2D eigenvalue weighted by molar-refractivity contribution is 6.00. The van der Waals surface area contributed by atoms with Crippen LogP contribution in [0, 0.1) is 5.82 Å². The number of rotatable bonds is 4. The van der Waals surface area contributed by atoms with Gasteiger partial charge < -0.3 is 15.1 Å². The summed E-state index contributed by atoms with van der Waals surface area (Å²) in [5.41, 5.74) is 1.89.